The summed E-state index contributed by atoms with van der Waals surface area (Å²) in [7, 11) is 0. The van der Waals surface area contributed by atoms with Crippen molar-refractivity contribution >= 4 is 6.03 Å². The SMILES string of the molecule is NCC1CCCN1C(=O)NC12CC3CC(CC(C3)C1)C2. The molecule has 4 heteroatoms. The van der Waals surface area contributed by atoms with Crippen LogP contribution in [0.4, 0.5) is 4.79 Å². The summed E-state index contributed by atoms with van der Waals surface area (Å²) in [6.45, 7) is 1.49. The van der Waals surface area contributed by atoms with Gasteiger partial charge in [0.15, 0.2) is 0 Å². The molecule has 4 nitrogen and oxygen atoms in total. The highest BCUT2D eigenvalue weighted by atomic mass is 16.2. The molecule has 5 aliphatic rings. The smallest absolute Gasteiger partial charge is 0.318 e. The van der Waals surface area contributed by atoms with Crippen LogP contribution in [0.25, 0.3) is 0 Å². The van der Waals surface area contributed by atoms with Gasteiger partial charge >= 0.3 is 6.03 Å². The molecular weight excluding hydrogens is 250 g/mol. The molecule has 4 saturated carbocycles. The van der Waals surface area contributed by atoms with Crippen molar-refractivity contribution in [2.75, 3.05) is 13.1 Å². The molecular formula is C16H27N3O. The van der Waals surface area contributed by atoms with Crippen LogP contribution >= 0.6 is 0 Å². The molecule has 0 spiro atoms. The van der Waals surface area contributed by atoms with E-state index in [0.29, 0.717) is 6.54 Å². The lowest BCUT2D eigenvalue weighted by molar-refractivity contribution is -0.0158. The second-order valence-electron chi connectivity index (χ2n) is 7.85. The maximum atomic E-state index is 12.7. The second kappa shape index (κ2) is 4.62. The molecule has 1 unspecified atom stereocenters. The molecule has 1 aliphatic heterocycles. The fraction of sp³-hybridized carbons (Fsp3) is 0.938. The largest absolute Gasteiger partial charge is 0.333 e. The number of amides is 2. The first-order chi connectivity index (χ1) is 9.67. The van der Waals surface area contributed by atoms with Gasteiger partial charge in [-0.25, -0.2) is 4.79 Å². The average molecular weight is 277 g/mol. The zero-order valence-electron chi connectivity index (χ0n) is 12.3. The lowest BCUT2D eigenvalue weighted by Crippen LogP contribution is -2.62. The van der Waals surface area contributed by atoms with E-state index in [9.17, 15) is 4.79 Å². The van der Waals surface area contributed by atoms with E-state index < -0.39 is 0 Å². The number of nitrogens with two attached hydrogens (primary N) is 1. The summed E-state index contributed by atoms with van der Waals surface area (Å²) in [6.07, 6.45) is 10.1. The standard InChI is InChI=1S/C16H27N3O/c17-10-14-2-1-3-19(14)15(20)18-16-7-11-4-12(8-16)6-13(5-11)9-16/h11-14H,1-10,17H2,(H,18,20). The highest BCUT2D eigenvalue weighted by Gasteiger charge is 2.52. The Bertz CT molecular complexity index is 373. The molecule has 4 bridgehead atoms. The summed E-state index contributed by atoms with van der Waals surface area (Å²) in [6, 6.07) is 0.434. The van der Waals surface area contributed by atoms with Crippen molar-refractivity contribution < 1.29 is 4.79 Å². The summed E-state index contributed by atoms with van der Waals surface area (Å²) in [5.74, 6) is 2.64. The van der Waals surface area contributed by atoms with Gasteiger partial charge in [-0.05, 0) is 69.1 Å². The monoisotopic (exact) mass is 277 g/mol. The van der Waals surface area contributed by atoms with Crippen LogP contribution in [-0.2, 0) is 0 Å². The Hall–Kier alpha value is -0.770. The van der Waals surface area contributed by atoms with Crippen LogP contribution in [0.1, 0.15) is 51.4 Å². The van der Waals surface area contributed by atoms with Gasteiger partial charge in [0.1, 0.15) is 0 Å². The number of hydrogen-bond donors (Lipinski definition) is 2. The number of likely N-dealkylation sites (tertiary alicyclic amines) is 1. The van der Waals surface area contributed by atoms with Crippen molar-refractivity contribution in [3.8, 4) is 0 Å². The molecule has 20 heavy (non-hydrogen) atoms. The summed E-state index contributed by atoms with van der Waals surface area (Å²) in [4.78, 5) is 14.7. The Balaban J connectivity index is 1.47. The van der Waals surface area contributed by atoms with E-state index in [1.54, 1.807) is 0 Å². The van der Waals surface area contributed by atoms with E-state index in [2.05, 4.69) is 5.32 Å². The zero-order valence-corrected chi connectivity index (χ0v) is 12.3. The Labute approximate surface area is 121 Å². The summed E-state index contributed by atoms with van der Waals surface area (Å²) in [5.41, 5.74) is 5.93. The second-order valence-corrected chi connectivity index (χ2v) is 7.85. The zero-order chi connectivity index (χ0) is 13.7. The first kappa shape index (κ1) is 12.9. The maximum absolute atomic E-state index is 12.7. The van der Waals surface area contributed by atoms with Gasteiger partial charge in [0.05, 0.1) is 0 Å². The van der Waals surface area contributed by atoms with Crippen LogP contribution in [0.2, 0.25) is 0 Å². The van der Waals surface area contributed by atoms with Crippen molar-refractivity contribution in [2.24, 2.45) is 23.5 Å². The first-order valence-electron chi connectivity index (χ1n) is 8.46. The van der Waals surface area contributed by atoms with E-state index in [4.69, 9.17) is 5.73 Å². The molecule has 1 saturated heterocycles. The minimum atomic E-state index is 0.133. The summed E-state index contributed by atoms with van der Waals surface area (Å²) < 4.78 is 0. The molecule has 3 N–H and O–H groups in total. The molecule has 5 rings (SSSR count). The van der Waals surface area contributed by atoms with Gasteiger partial charge in [-0.15, -0.1) is 0 Å². The fourth-order valence-corrected chi connectivity index (χ4v) is 5.91. The quantitative estimate of drug-likeness (QED) is 0.812. The van der Waals surface area contributed by atoms with Crippen molar-refractivity contribution in [3.63, 3.8) is 0 Å². The van der Waals surface area contributed by atoms with Crippen LogP contribution < -0.4 is 11.1 Å². The van der Waals surface area contributed by atoms with Gasteiger partial charge in [-0.1, -0.05) is 0 Å². The highest BCUT2D eigenvalue weighted by Crippen LogP contribution is 2.55. The number of nitrogens with zero attached hydrogens (tertiary/aromatic N) is 1. The van der Waals surface area contributed by atoms with Crippen molar-refractivity contribution in [3.05, 3.63) is 0 Å². The fourth-order valence-electron chi connectivity index (χ4n) is 5.91. The molecule has 4 aliphatic carbocycles. The number of nitrogens with one attached hydrogen (secondary N) is 1. The molecule has 112 valence electrons. The molecule has 0 aromatic heterocycles. The molecule has 0 aromatic rings. The highest BCUT2D eigenvalue weighted by molar-refractivity contribution is 5.76. The summed E-state index contributed by atoms with van der Waals surface area (Å²) in [5, 5.41) is 3.46. The molecule has 1 heterocycles. The van der Waals surface area contributed by atoms with Gasteiger partial charge in [0, 0.05) is 24.7 Å². The van der Waals surface area contributed by atoms with Crippen LogP contribution in [0, 0.1) is 17.8 Å². The molecule has 0 radical (unpaired) electrons. The third-order valence-electron chi connectivity index (χ3n) is 6.32. The Kier molecular flexibility index (Phi) is 2.99. The van der Waals surface area contributed by atoms with Gasteiger partial charge in [-0.2, -0.15) is 0 Å². The number of carbonyl (C=O) groups is 1. The number of carbonyl (C=O) groups excluding carboxylic acids is 1. The van der Waals surface area contributed by atoms with Gasteiger partial charge in [-0.3, -0.25) is 0 Å². The molecule has 5 fully saturated rings. The molecule has 2 amide bonds. The van der Waals surface area contributed by atoms with Crippen molar-refractivity contribution in [1.29, 1.82) is 0 Å². The average Bonchev–Trinajstić information content (AvgIpc) is 2.84. The van der Waals surface area contributed by atoms with Crippen molar-refractivity contribution in [2.45, 2.75) is 62.9 Å². The maximum Gasteiger partial charge on any atom is 0.318 e. The van der Waals surface area contributed by atoms with Crippen molar-refractivity contribution in [1.82, 2.24) is 10.2 Å². The van der Waals surface area contributed by atoms with Crippen LogP contribution in [0.5, 0.6) is 0 Å². The number of urea groups is 1. The lowest BCUT2D eigenvalue weighted by Gasteiger charge is -2.57. The molecule has 0 aromatic carbocycles. The first-order valence-corrected chi connectivity index (χ1v) is 8.46. The third-order valence-corrected chi connectivity index (χ3v) is 6.32. The Morgan fingerprint density at radius 1 is 1.15 bits per heavy atom. The van der Waals surface area contributed by atoms with Crippen LogP contribution in [0.3, 0.4) is 0 Å². The Morgan fingerprint density at radius 2 is 1.75 bits per heavy atom. The van der Waals surface area contributed by atoms with E-state index >= 15 is 0 Å². The van der Waals surface area contributed by atoms with Gasteiger partial charge < -0.3 is 16.0 Å². The normalized spacial score (nSPS) is 46.0. The third kappa shape index (κ3) is 2.03. The van der Waals surface area contributed by atoms with Gasteiger partial charge in [0.2, 0.25) is 0 Å². The summed E-state index contributed by atoms with van der Waals surface area (Å²) >= 11 is 0. The van der Waals surface area contributed by atoms with E-state index in [-0.39, 0.29) is 17.6 Å². The predicted molar refractivity (Wildman–Crippen MR) is 78.2 cm³/mol. The minimum Gasteiger partial charge on any atom is -0.333 e. The van der Waals surface area contributed by atoms with E-state index in [0.717, 1.165) is 37.1 Å². The van der Waals surface area contributed by atoms with E-state index in [1.165, 1.54) is 38.5 Å². The van der Waals surface area contributed by atoms with Crippen LogP contribution in [0.15, 0.2) is 0 Å². The topological polar surface area (TPSA) is 58.4 Å². The molecule has 1 atom stereocenters. The van der Waals surface area contributed by atoms with Gasteiger partial charge in [0.25, 0.3) is 0 Å². The predicted octanol–water partition coefficient (Wildman–Crippen LogP) is 2.09. The van der Waals surface area contributed by atoms with Crippen LogP contribution in [-0.4, -0.2) is 35.6 Å². The lowest BCUT2D eigenvalue weighted by atomic mass is 9.53. The number of hydrogen-bond acceptors (Lipinski definition) is 2. The van der Waals surface area contributed by atoms with E-state index in [1.807, 2.05) is 4.90 Å². The Morgan fingerprint density at radius 3 is 2.30 bits per heavy atom. The number of rotatable bonds is 2. The minimum absolute atomic E-state index is 0.133.